The number of hydrogen-bond donors (Lipinski definition) is 1. The molecule has 1 N–H and O–H groups in total. The molecule has 1 aromatic heterocycles. The highest BCUT2D eigenvalue weighted by Crippen LogP contribution is 1.94. The van der Waals surface area contributed by atoms with Crippen LogP contribution >= 0.6 is 11.3 Å². The van der Waals surface area contributed by atoms with Crippen molar-refractivity contribution in [3.63, 3.8) is 0 Å². The van der Waals surface area contributed by atoms with Gasteiger partial charge in [-0.2, -0.15) is 0 Å². The zero-order valence-corrected chi connectivity index (χ0v) is 5.73. The van der Waals surface area contributed by atoms with Crippen molar-refractivity contribution in [2.75, 3.05) is 0 Å². The molecule has 0 spiro atoms. The fourth-order valence-corrected chi connectivity index (χ4v) is 1.14. The molecule has 0 amide bonds. The molecule has 0 unspecified atom stereocenters. The molecule has 0 bridgehead atoms. The normalized spacial score (nSPS) is 9.60. The molecule has 0 aliphatic rings. The van der Waals surface area contributed by atoms with Crippen molar-refractivity contribution < 1.29 is 9.90 Å². The smallest absolute Gasteiger partial charge is 0.304 e. The van der Waals surface area contributed by atoms with Crippen molar-refractivity contribution >= 4 is 17.3 Å². The lowest BCUT2D eigenvalue weighted by atomic mass is 10.3. The van der Waals surface area contributed by atoms with Crippen LogP contribution in [0, 0.1) is 0 Å². The number of carboxylic acids is 1. The molecule has 0 aliphatic heterocycles. The monoisotopic (exact) mass is 158 g/mol. The SMILES string of the molecule is O=C([O-])Cc1csc(=O)[nH]1. The Bertz CT molecular complexity index is 287. The highest BCUT2D eigenvalue weighted by molar-refractivity contribution is 7.07. The second kappa shape index (κ2) is 2.66. The largest absolute Gasteiger partial charge is 0.550 e. The number of rotatable bonds is 2. The van der Waals surface area contributed by atoms with E-state index >= 15 is 0 Å². The quantitative estimate of drug-likeness (QED) is 0.583. The Morgan fingerprint density at radius 2 is 2.50 bits per heavy atom. The first-order valence-corrected chi connectivity index (χ1v) is 3.43. The Hall–Kier alpha value is -1.10. The second-order valence-electron chi connectivity index (χ2n) is 1.72. The van der Waals surface area contributed by atoms with Gasteiger partial charge in [0.05, 0.1) is 0 Å². The third kappa shape index (κ3) is 1.70. The van der Waals surface area contributed by atoms with Gasteiger partial charge in [-0.15, -0.1) is 0 Å². The molecule has 0 fully saturated rings. The number of carbonyl (C=O) groups is 1. The van der Waals surface area contributed by atoms with Crippen LogP contribution in [0.2, 0.25) is 0 Å². The summed E-state index contributed by atoms with van der Waals surface area (Å²) in [5, 5.41) is 11.4. The molecule has 54 valence electrons. The Morgan fingerprint density at radius 1 is 1.80 bits per heavy atom. The molecule has 1 aromatic rings. The number of aromatic nitrogens is 1. The first-order chi connectivity index (χ1) is 4.68. The molecule has 10 heavy (non-hydrogen) atoms. The highest BCUT2D eigenvalue weighted by Gasteiger charge is 1.94. The van der Waals surface area contributed by atoms with Crippen LogP contribution < -0.4 is 9.98 Å². The third-order valence-corrected chi connectivity index (χ3v) is 1.62. The fourth-order valence-electron chi connectivity index (χ4n) is 0.556. The fraction of sp³-hybridized carbons (Fsp3) is 0.200. The predicted molar refractivity (Wildman–Crippen MR) is 33.7 cm³/mol. The third-order valence-electron chi connectivity index (χ3n) is 0.906. The maximum atomic E-state index is 10.4. The minimum atomic E-state index is -1.19. The van der Waals surface area contributed by atoms with Crippen molar-refractivity contribution in [3.8, 4) is 0 Å². The van der Waals surface area contributed by atoms with Gasteiger partial charge in [-0.1, -0.05) is 11.3 Å². The highest BCUT2D eigenvalue weighted by atomic mass is 32.1. The van der Waals surface area contributed by atoms with Crippen molar-refractivity contribution in [2.24, 2.45) is 0 Å². The van der Waals surface area contributed by atoms with Gasteiger partial charge < -0.3 is 14.9 Å². The van der Waals surface area contributed by atoms with Gasteiger partial charge in [-0.3, -0.25) is 4.79 Å². The van der Waals surface area contributed by atoms with Crippen LogP contribution in [0.25, 0.3) is 0 Å². The molecule has 5 heteroatoms. The molecule has 0 saturated heterocycles. The summed E-state index contributed by atoms with van der Waals surface area (Å²) in [4.78, 5) is 22.5. The molecule has 0 radical (unpaired) electrons. The summed E-state index contributed by atoms with van der Waals surface area (Å²) < 4.78 is 0. The number of thiazole rings is 1. The average Bonchev–Trinajstić information content (AvgIpc) is 2.13. The molecular weight excluding hydrogens is 154 g/mol. The zero-order valence-electron chi connectivity index (χ0n) is 4.92. The van der Waals surface area contributed by atoms with Crippen LogP contribution in [0.15, 0.2) is 10.2 Å². The minimum Gasteiger partial charge on any atom is -0.550 e. The van der Waals surface area contributed by atoms with E-state index in [1.807, 2.05) is 0 Å². The number of nitrogens with one attached hydrogen (secondary N) is 1. The standard InChI is InChI=1S/C5H5NO3S/c7-4(8)1-3-2-10-5(9)6-3/h2H,1H2,(H,6,9)(H,7,8)/p-1. The summed E-state index contributed by atoms with van der Waals surface area (Å²) in [6, 6.07) is 0. The van der Waals surface area contributed by atoms with E-state index in [1.54, 1.807) is 0 Å². The number of carbonyl (C=O) groups excluding carboxylic acids is 1. The Labute approximate surface area is 60.1 Å². The number of hydrogen-bond acceptors (Lipinski definition) is 4. The minimum absolute atomic E-state index is 0.223. The summed E-state index contributed by atoms with van der Waals surface area (Å²) in [7, 11) is 0. The van der Waals surface area contributed by atoms with Crippen LogP contribution in [0.3, 0.4) is 0 Å². The van der Waals surface area contributed by atoms with Gasteiger partial charge in [0.25, 0.3) is 0 Å². The Kier molecular flexibility index (Phi) is 1.86. The van der Waals surface area contributed by atoms with Gasteiger partial charge in [0.2, 0.25) is 0 Å². The molecule has 1 heterocycles. The predicted octanol–water partition coefficient (Wildman–Crippen LogP) is -1.27. The van der Waals surface area contributed by atoms with E-state index in [0.717, 1.165) is 11.3 Å². The number of carboxylic acid groups (broad SMARTS) is 1. The van der Waals surface area contributed by atoms with Crippen molar-refractivity contribution in [3.05, 3.63) is 20.7 Å². The first kappa shape index (κ1) is 7.01. The summed E-state index contributed by atoms with van der Waals surface area (Å²) in [5.74, 6) is -1.19. The van der Waals surface area contributed by atoms with Gasteiger partial charge in [0.1, 0.15) is 0 Å². The summed E-state index contributed by atoms with van der Waals surface area (Å²) in [6.07, 6.45) is -0.223. The first-order valence-electron chi connectivity index (χ1n) is 2.55. The maximum absolute atomic E-state index is 10.4. The van der Waals surface area contributed by atoms with Crippen molar-refractivity contribution in [2.45, 2.75) is 6.42 Å². The lowest BCUT2D eigenvalue weighted by Crippen LogP contribution is -2.24. The van der Waals surface area contributed by atoms with E-state index in [9.17, 15) is 14.7 Å². The van der Waals surface area contributed by atoms with Crippen LogP contribution in [0.5, 0.6) is 0 Å². The Balaban J connectivity index is 2.76. The molecule has 1 rings (SSSR count). The maximum Gasteiger partial charge on any atom is 0.304 e. The molecule has 4 nitrogen and oxygen atoms in total. The average molecular weight is 158 g/mol. The van der Waals surface area contributed by atoms with Crippen molar-refractivity contribution in [1.29, 1.82) is 0 Å². The van der Waals surface area contributed by atoms with Gasteiger partial charge in [0.15, 0.2) is 0 Å². The number of aromatic amines is 1. The van der Waals surface area contributed by atoms with E-state index in [0.29, 0.717) is 5.69 Å². The zero-order chi connectivity index (χ0) is 7.56. The van der Waals surface area contributed by atoms with Crippen LogP contribution in [-0.4, -0.2) is 11.0 Å². The lowest BCUT2D eigenvalue weighted by Gasteiger charge is -1.95. The lowest BCUT2D eigenvalue weighted by molar-refractivity contribution is -0.304. The van der Waals surface area contributed by atoms with E-state index in [2.05, 4.69) is 4.98 Å². The molecule has 0 aliphatic carbocycles. The Morgan fingerprint density at radius 3 is 2.90 bits per heavy atom. The van der Waals surface area contributed by atoms with Gasteiger partial charge in [0, 0.05) is 23.5 Å². The van der Waals surface area contributed by atoms with Crippen LogP contribution in [0.1, 0.15) is 5.69 Å². The molecule has 0 saturated carbocycles. The second-order valence-corrected chi connectivity index (χ2v) is 2.56. The molecule has 0 atom stereocenters. The molecular formula is C5H4NO3S-. The topological polar surface area (TPSA) is 73.0 Å². The van der Waals surface area contributed by atoms with Crippen molar-refractivity contribution in [1.82, 2.24) is 4.98 Å². The van der Waals surface area contributed by atoms with Crippen LogP contribution in [0.4, 0.5) is 0 Å². The van der Waals surface area contributed by atoms with E-state index < -0.39 is 5.97 Å². The van der Waals surface area contributed by atoms with E-state index in [-0.39, 0.29) is 11.3 Å². The summed E-state index contributed by atoms with van der Waals surface area (Å²) in [6.45, 7) is 0. The number of aliphatic carboxylic acids is 1. The van der Waals surface area contributed by atoms with Crippen LogP contribution in [-0.2, 0) is 11.2 Å². The summed E-state index contributed by atoms with van der Waals surface area (Å²) >= 11 is 0.944. The molecule has 0 aromatic carbocycles. The van der Waals surface area contributed by atoms with E-state index in [4.69, 9.17) is 0 Å². The van der Waals surface area contributed by atoms with Gasteiger partial charge in [-0.25, -0.2) is 0 Å². The number of H-pyrrole nitrogens is 1. The summed E-state index contributed by atoms with van der Waals surface area (Å²) in [5.41, 5.74) is 0.398. The van der Waals surface area contributed by atoms with E-state index in [1.165, 1.54) is 5.38 Å². The van der Waals surface area contributed by atoms with Gasteiger partial charge in [-0.05, 0) is 0 Å². The van der Waals surface area contributed by atoms with Gasteiger partial charge >= 0.3 is 4.87 Å².